The molecule has 1 saturated carbocycles. The van der Waals surface area contributed by atoms with Crippen molar-refractivity contribution in [3.8, 4) is 0 Å². The molecule has 3 rings (SSSR count). The molecule has 0 saturated heterocycles. The monoisotopic (exact) mass is 309 g/mol. The molecule has 0 aliphatic heterocycles. The molecule has 1 fully saturated rings. The minimum Gasteiger partial charge on any atom is -0.387 e. The van der Waals surface area contributed by atoms with Crippen LogP contribution < -0.4 is 0 Å². The normalized spacial score (nSPS) is 27.3. The Morgan fingerprint density at radius 2 is 2.00 bits per heavy atom. The highest BCUT2D eigenvalue weighted by Gasteiger charge is 2.41. The summed E-state index contributed by atoms with van der Waals surface area (Å²) in [5.74, 6) is 0. The van der Waals surface area contributed by atoms with Gasteiger partial charge in [-0.25, -0.2) is 4.98 Å². The van der Waals surface area contributed by atoms with Gasteiger partial charge in [-0.1, -0.05) is 33.1 Å². The van der Waals surface area contributed by atoms with Crippen LogP contribution in [-0.2, 0) is 16.8 Å². The summed E-state index contributed by atoms with van der Waals surface area (Å²) in [6, 6.07) is 0. The number of rotatable bonds is 3. The molecule has 21 heavy (non-hydrogen) atoms. The molecule has 1 aromatic rings. The summed E-state index contributed by atoms with van der Waals surface area (Å²) in [7, 11) is 0. The third kappa shape index (κ3) is 2.90. The van der Waals surface area contributed by atoms with Crippen LogP contribution in [-0.4, -0.2) is 16.7 Å². The number of thiazole rings is 1. The Kier molecular flexibility index (Phi) is 4.15. The first kappa shape index (κ1) is 15.4. The first-order valence-corrected chi connectivity index (χ1v) is 9.09. The van der Waals surface area contributed by atoms with E-state index in [1.807, 2.05) is 0 Å². The molecule has 0 spiro atoms. The molecule has 2 aliphatic carbocycles. The fourth-order valence-electron chi connectivity index (χ4n) is 3.91. The molecule has 0 radical (unpaired) electrons. The van der Waals surface area contributed by atoms with Gasteiger partial charge in [-0.3, -0.25) is 0 Å². The van der Waals surface area contributed by atoms with Gasteiger partial charge in [0.2, 0.25) is 0 Å². The number of fused-ring (bicyclic) bond motifs is 1. The van der Waals surface area contributed by atoms with E-state index in [0.29, 0.717) is 0 Å². The number of hydrogen-bond donors (Lipinski definition) is 1. The van der Waals surface area contributed by atoms with Crippen molar-refractivity contribution in [2.75, 3.05) is 6.61 Å². The molecule has 3 nitrogen and oxygen atoms in total. The Morgan fingerprint density at radius 1 is 1.29 bits per heavy atom. The van der Waals surface area contributed by atoms with Crippen LogP contribution >= 0.6 is 11.3 Å². The van der Waals surface area contributed by atoms with Crippen molar-refractivity contribution in [1.29, 1.82) is 0 Å². The summed E-state index contributed by atoms with van der Waals surface area (Å²) >= 11 is 1.70. The molecule has 1 atom stereocenters. The van der Waals surface area contributed by atoms with Gasteiger partial charge in [0.05, 0.1) is 16.7 Å². The van der Waals surface area contributed by atoms with Crippen LogP contribution in [0.1, 0.15) is 81.0 Å². The van der Waals surface area contributed by atoms with E-state index in [4.69, 9.17) is 9.72 Å². The molecular formula is C17H27NO2S. The Labute approximate surface area is 131 Å². The van der Waals surface area contributed by atoms with Crippen molar-refractivity contribution in [2.45, 2.75) is 77.4 Å². The van der Waals surface area contributed by atoms with E-state index in [9.17, 15) is 5.11 Å². The molecule has 2 aliphatic rings. The number of hydrogen-bond acceptors (Lipinski definition) is 4. The van der Waals surface area contributed by atoms with Crippen molar-refractivity contribution in [3.05, 3.63) is 15.6 Å². The van der Waals surface area contributed by atoms with E-state index >= 15 is 0 Å². The predicted octanol–water partition coefficient (Wildman–Crippen LogP) is 4.34. The van der Waals surface area contributed by atoms with Crippen LogP contribution in [0.5, 0.6) is 0 Å². The maximum atomic E-state index is 10.5. The lowest BCUT2D eigenvalue weighted by Gasteiger charge is -2.35. The molecule has 1 N–H and O–H groups in total. The Hall–Kier alpha value is -0.450. The lowest BCUT2D eigenvalue weighted by molar-refractivity contribution is -0.0705. The number of nitrogens with zero attached hydrogens (tertiary/aromatic N) is 1. The minimum absolute atomic E-state index is 0.142. The number of ether oxygens (including phenoxy) is 1. The van der Waals surface area contributed by atoms with Crippen LogP contribution in [0.15, 0.2) is 0 Å². The Balaban J connectivity index is 1.96. The SMILES string of the molecule is CCOC1(c2nc3c(s2)C(O)CC(C)(C)C3)CCCCC1. The van der Waals surface area contributed by atoms with Crippen molar-refractivity contribution in [1.82, 2.24) is 4.98 Å². The van der Waals surface area contributed by atoms with E-state index in [2.05, 4.69) is 20.8 Å². The second kappa shape index (κ2) is 5.64. The minimum atomic E-state index is -0.350. The van der Waals surface area contributed by atoms with Crippen molar-refractivity contribution in [2.24, 2.45) is 5.41 Å². The van der Waals surface area contributed by atoms with E-state index in [1.54, 1.807) is 11.3 Å². The number of aromatic nitrogens is 1. The molecule has 1 aromatic heterocycles. The van der Waals surface area contributed by atoms with Crippen molar-refractivity contribution < 1.29 is 9.84 Å². The third-order valence-electron chi connectivity index (χ3n) is 4.89. The van der Waals surface area contributed by atoms with Crippen LogP contribution in [0, 0.1) is 5.41 Å². The van der Waals surface area contributed by atoms with E-state index in [0.717, 1.165) is 47.9 Å². The van der Waals surface area contributed by atoms with Gasteiger partial charge in [-0.15, -0.1) is 11.3 Å². The van der Waals surface area contributed by atoms with Crippen LogP contribution in [0.4, 0.5) is 0 Å². The first-order valence-electron chi connectivity index (χ1n) is 8.28. The molecule has 0 aromatic carbocycles. The van der Waals surface area contributed by atoms with Gasteiger partial charge < -0.3 is 9.84 Å². The lowest BCUT2D eigenvalue weighted by atomic mass is 9.77. The fraction of sp³-hybridized carbons (Fsp3) is 0.824. The zero-order valence-corrected chi connectivity index (χ0v) is 14.3. The summed E-state index contributed by atoms with van der Waals surface area (Å²) in [5, 5.41) is 11.6. The molecule has 1 heterocycles. The maximum Gasteiger partial charge on any atom is 0.125 e. The van der Waals surface area contributed by atoms with E-state index in [1.165, 1.54) is 19.3 Å². The topological polar surface area (TPSA) is 42.4 Å². The molecular weight excluding hydrogens is 282 g/mol. The molecule has 0 bridgehead atoms. The average Bonchev–Trinajstić information content (AvgIpc) is 2.83. The highest BCUT2D eigenvalue weighted by Crippen LogP contribution is 2.48. The highest BCUT2D eigenvalue weighted by molar-refractivity contribution is 7.12. The summed E-state index contributed by atoms with van der Waals surface area (Å²) in [6.07, 6.45) is 7.35. The first-order chi connectivity index (χ1) is 9.96. The van der Waals surface area contributed by atoms with Gasteiger partial charge >= 0.3 is 0 Å². The van der Waals surface area contributed by atoms with Crippen LogP contribution in [0.25, 0.3) is 0 Å². The molecule has 1 unspecified atom stereocenters. The van der Waals surface area contributed by atoms with E-state index < -0.39 is 0 Å². The second-order valence-electron chi connectivity index (χ2n) is 7.38. The number of aliphatic hydroxyl groups is 1. The van der Waals surface area contributed by atoms with Crippen LogP contribution in [0.2, 0.25) is 0 Å². The average molecular weight is 309 g/mol. The van der Waals surface area contributed by atoms with Gasteiger partial charge in [0.25, 0.3) is 0 Å². The standard InChI is InChI=1S/C17H27NO2S/c1-4-20-17(8-6-5-7-9-17)15-18-12-10-16(2,3)11-13(19)14(12)21-15/h13,19H,4-11H2,1-3H3. The van der Waals surface area contributed by atoms with Gasteiger partial charge in [0.1, 0.15) is 10.6 Å². The van der Waals surface area contributed by atoms with Gasteiger partial charge in [-0.2, -0.15) is 0 Å². The summed E-state index contributed by atoms with van der Waals surface area (Å²) < 4.78 is 6.19. The lowest BCUT2D eigenvalue weighted by Crippen LogP contribution is -2.32. The second-order valence-corrected chi connectivity index (χ2v) is 8.41. The molecule has 0 amide bonds. The Morgan fingerprint density at radius 3 is 2.67 bits per heavy atom. The Bertz CT molecular complexity index is 497. The zero-order chi connectivity index (χ0) is 15.1. The van der Waals surface area contributed by atoms with Crippen LogP contribution in [0.3, 0.4) is 0 Å². The molecule has 4 heteroatoms. The zero-order valence-electron chi connectivity index (χ0n) is 13.4. The smallest absolute Gasteiger partial charge is 0.125 e. The third-order valence-corrected chi connectivity index (χ3v) is 6.28. The van der Waals surface area contributed by atoms with Crippen molar-refractivity contribution in [3.63, 3.8) is 0 Å². The fourth-order valence-corrected chi connectivity index (χ4v) is 5.17. The van der Waals surface area contributed by atoms with E-state index in [-0.39, 0.29) is 17.1 Å². The van der Waals surface area contributed by atoms with Gasteiger partial charge in [0, 0.05) is 6.61 Å². The van der Waals surface area contributed by atoms with Gasteiger partial charge in [-0.05, 0) is 38.0 Å². The predicted molar refractivity (Wildman–Crippen MR) is 85.6 cm³/mol. The highest BCUT2D eigenvalue weighted by atomic mass is 32.1. The number of aliphatic hydroxyl groups excluding tert-OH is 1. The summed E-state index contributed by atoms with van der Waals surface area (Å²) in [4.78, 5) is 6.04. The largest absolute Gasteiger partial charge is 0.387 e. The maximum absolute atomic E-state index is 10.5. The van der Waals surface area contributed by atoms with Gasteiger partial charge in [0.15, 0.2) is 0 Å². The molecule has 118 valence electrons. The summed E-state index contributed by atoms with van der Waals surface area (Å²) in [6.45, 7) is 7.24. The van der Waals surface area contributed by atoms with Crippen molar-refractivity contribution >= 4 is 11.3 Å². The summed E-state index contributed by atoms with van der Waals surface area (Å²) in [5.41, 5.74) is 1.07. The quantitative estimate of drug-likeness (QED) is 0.903.